The number of aryl methyl sites for hydroxylation is 1. The molecule has 2 aromatic rings. The second kappa shape index (κ2) is 5.52. The molecule has 0 unspecified atom stereocenters. The standard InChI is InChI=1S/C12H14N4O4S/c1-3-15-9(2)12(8-13-15)21(19,20)14-10-4-6-11(7-5-10)16(17)18/h4-8,14H,3H2,1-2H3. The number of nitrogens with one attached hydrogen (secondary N) is 1. The molecule has 0 radical (unpaired) electrons. The van der Waals surface area contributed by atoms with Crippen LogP contribution >= 0.6 is 0 Å². The third-order valence-corrected chi connectivity index (χ3v) is 4.46. The van der Waals surface area contributed by atoms with Crippen molar-refractivity contribution in [2.24, 2.45) is 0 Å². The first-order chi connectivity index (χ1) is 9.85. The van der Waals surface area contributed by atoms with E-state index < -0.39 is 14.9 Å². The second-order valence-electron chi connectivity index (χ2n) is 4.32. The maximum atomic E-state index is 12.3. The lowest BCUT2D eigenvalue weighted by atomic mass is 10.3. The van der Waals surface area contributed by atoms with Crippen molar-refractivity contribution in [2.75, 3.05) is 4.72 Å². The van der Waals surface area contributed by atoms with Crippen molar-refractivity contribution in [3.63, 3.8) is 0 Å². The molecule has 0 aliphatic rings. The molecule has 0 bridgehead atoms. The Labute approximate surface area is 121 Å². The molecular formula is C12H14N4O4S. The quantitative estimate of drug-likeness (QED) is 0.670. The van der Waals surface area contributed by atoms with E-state index in [2.05, 4.69) is 9.82 Å². The van der Waals surface area contributed by atoms with Crippen molar-refractivity contribution in [3.05, 3.63) is 46.3 Å². The van der Waals surface area contributed by atoms with Gasteiger partial charge in [0.2, 0.25) is 0 Å². The number of rotatable bonds is 5. The van der Waals surface area contributed by atoms with Gasteiger partial charge in [0, 0.05) is 24.4 Å². The first-order valence-corrected chi connectivity index (χ1v) is 7.63. The van der Waals surface area contributed by atoms with Crippen LogP contribution in [0.1, 0.15) is 12.6 Å². The highest BCUT2D eigenvalue weighted by molar-refractivity contribution is 7.92. The summed E-state index contributed by atoms with van der Waals surface area (Å²) in [4.78, 5) is 10.1. The lowest BCUT2D eigenvalue weighted by Crippen LogP contribution is -2.14. The van der Waals surface area contributed by atoms with Crippen LogP contribution in [0.5, 0.6) is 0 Å². The maximum Gasteiger partial charge on any atom is 0.269 e. The van der Waals surface area contributed by atoms with E-state index in [-0.39, 0.29) is 16.3 Å². The number of non-ortho nitro benzene ring substituents is 1. The Bertz CT molecular complexity index is 765. The van der Waals surface area contributed by atoms with Crippen molar-refractivity contribution in [3.8, 4) is 0 Å². The number of nitro groups is 1. The number of anilines is 1. The number of aromatic nitrogens is 2. The first-order valence-electron chi connectivity index (χ1n) is 6.15. The van der Waals surface area contributed by atoms with Gasteiger partial charge in [-0.2, -0.15) is 5.10 Å². The van der Waals surface area contributed by atoms with Crippen molar-refractivity contribution >= 4 is 21.4 Å². The topological polar surface area (TPSA) is 107 Å². The minimum absolute atomic E-state index is 0.0858. The fourth-order valence-corrected chi connectivity index (χ4v) is 3.11. The zero-order valence-corrected chi connectivity index (χ0v) is 12.3. The highest BCUT2D eigenvalue weighted by atomic mass is 32.2. The van der Waals surface area contributed by atoms with Crippen LogP contribution in [0.4, 0.5) is 11.4 Å². The molecule has 0 fully saturated rings. The molecular weight excluding hydrogens is 296 g/mol. The minimum atomic E-state index is -3.77. The minimum Gasteiger partial charge on any atom is -0.280 e. The molecule has 2 rings (SSSR count). The molecule has 0 spiro atoms. The molecule has 0 saturated heterocycles. The lowest BCUT2D eigenvalue weighted by Gasteiger charge is -2.07. The molecule has 9 heteroatoms. The fourth-order valence-electron chi connectivity index (χ4n) is 1.87. The molecule has 1 aromatic carbocycles. The smallest absolute Gasteiger partial charge is 0.269 e. The second-order valence-corrected chi connectivity index (χ2v) is 5.97. The Hall–Kier alpha value is -2.42. The average molecular weight is 310 g/mol. The monoisotopic (exact) mass is 310 g/mol. The molecule has 0 atom stereocenters. The van der Waals surface area contributed by atoms with Gasteiger partial charge in [0.15, 0.2) is 0 Å². The summed E-state index contributed by atoms with van der Waals surface area (Å²) in [5.41, 5.74) is 0.684. The van der Waals surface area contributed by atoms with Crippen molar-refractivity contribution in [1.82, 2.24) is 9.78 Å². The Morgan fingerprint density at radius 3 is 2.43 bits per heavy atom. The number of sulfonamides is 1. The van der Waals surface area contributed by atoms with Crippen LogP contribution in [-0.4, -0.2) is 23.1 Å². The van der Waals surface area contributed by atoms with E-state index in [0.717, 1.165) is 0 Å². The molecule has 0 aliphatic heterocycles. The Morgan fingerprint density at radius 1 is 1.33 bits per heavy atom. The van der Waals surface area contributed by atoms with E-state index in [0.29, 0.717) is 12.2 Å². The molecule has 112 valence electrons. The van der Waals surface area contributed by atoms with Gasteiger partial charge in [-0.15, -0.1) is 0 Å². The molecule has 0 saturated carbocycles. The average Bonchev–Trinajstić information content (AvgIpc) is 2.80. The number of hydrogen-bond acceptors (Lipinski definition) is 5. The number of hydrogen-bond donors (Lipinski definition) is 1. The zero-order valence-electron chi connectivity index (χ0n) is 11.5. The number of benzene rings is 1. The van der Waals surface area contributed by atoms with Crippen LogP contribution in [0.25, 0.3) is 0 Å². The summed E-state index contributed by atoms with van der Waals surface area (Å²) >= 11 is 0. The van der Waals surface area contributed by atoms with Crippen LogP contribution < -0.4 is 4.72 Å². The summed E-state index contributed by atoms with van der Waals surface area (Å²) in [6.45, 7) is 4.10. The van der Waals surface area contributed by atoms with Crippen LogP contribution in [0, 0.1) is 17.0 Å². The van der Waals surface area contributed by atoms with E-state index in [9.17, 15) is 18.5 Å². The summed E-state index contributed by atoms with van der Waals surface area (Å²) in [7, 11) is -3.77. The summed E-state index contributed by atoms with van der Waals surface area (Å²) in [6, 6.07) is 5.16. The summed E-state index contributed by atoms with van der Waals surface area (Å²) < 4.78 is 28.5. The predicted molar refractivity (Wildman–Crippen MR) is 76.5 cm³/mol. The number of nitro benzene ring substituents is 1. The van der Waals surface area contributed by atoms with Crippen LogP contribution in [0.3, 0.4) is 0 Å². The van der Waals surface area contributed by atoms with Gasteiger partial charge in [-0.25, -0.2) is 8.42 Å². The highest BCUT2D eigenvalue weighted by Crippen LogP contribution is 2.21. The molecule has 0 aliphatic carbocycles. The van der Waals surface area contributed by atoms with E-state index in [1.165, 1.54) is 30.5 Å². The molecule has 21 heavy (non-hydrogen) atoms. The van der Waals surface area contributed by atoms with Crippen molar-refractivity contribution < 1.29 is 13.3 Å². The molecule has 1 N–H and O–H groups in total. The molecule has 1 heterocycles. The first kappa shape index (κ1) is 15.0. The van der Waals surface area contributed by atoms with E-state index in [1.807, 2.05) is 6.92 Å². The van der Waals surface area contributed by atoms with Gasteiger partial charge in [-0.1, -0.05) is 0 Å². The fraction of sp³-hybridized carbons (Fsp3) is 0.250. The van der Waals surface area contributed by atoms with E-state index >= 15 is 0 Å². The van der Waals surface area contributed by atoms with Gasteiger partial charge in [-0.05, 0) is 26.0 Å². The highest BCUT2D eigenvalue weighted by Gasteiger charge is 2.20. The predicted octanol–water partition coefficient (Wildman–Crippen LogP) is 1.92. The van der Waals surface area contributed by atoms with E-state index in [4.69, 9.17) is 0 Å². The van der Waals surface area contributed by atoms with Gasteiger partial charge < -0.3 is 0 Å². The lowest BCUT2D eigenvalue weighted by molar-refractivity contribution is -0.384. The SMILES string of the molecule is CCn1ncc(S(=O)(=O)Nc2ccc([N+](=O)[O-])cc2)c1C. The molecule has 8 nitrogen and oxygen atoms in total. The van der Waals surface area contributed by atoms with Crippen LogP contribution in [0.2, 0.25) is 0 Å². The summed E-state index contributed by atoms with van der Waals surface area (Å²) in [5, 5.41) is 14.5. The van der Waals surface area contributed by atoms with Crippen molar-refractivity contribution in [2.45, 2.75) is 25.3 Å². The maximum absolute atomic E-state index is 12.3. The largest absolute Gasteiger partial charge is 0.280 e. The van der Waals surface area contributed by atoms with Gasteiger partial charge in [0.05, 0.1) is 16.8 Å². The van der Waals surface area contributed by atoms with Gasteiger partial charge in [0.1, 0.15) is 4.90 Å². The van der Waals surface area contributed by atoms with Crippen molar-refractivity contribution in [1.29, 1.82) is 0 Å². The Balaban J connectivity index is 2.28. The third kappa shape index (κ3) is 3.02. The number of nitrogens with zero attached hydrogens (tertiary/aromatic N) is 3. The van der Waals surface area contributed by atoms with Gasteiger partial charge in [-0.3, -0.25) is 19.5 Å². The zero-order chi connectivity index (χ0) is 15.6. The molecule has 0 amide bonds. The normalized spacial score (nSPS) is 11.3. The molecule has 1 aromatic heterocycles. The summed E-state index contributed by atoms with van der Waals surface area (Å²) in [5.74, 6) is 0. The third-order valence-electron chi connectivity index (χ3n) is 2.98. The van der Waals surface area contributed by atoms with Crippen LogP contribution in [0.15, 0.2) is 35.4 Å². The Morgan fingerprint density at radius 2 is 1.95 bits per heavy atom. The van der Waals surface area contributed by atoms with Crippen LogP contribution in [-0.2, 0) is 16.6 Å². The van der Waals surface area contributed by atoms with Gasteiger partial charge in [0.25, 0.3) is 15.7 Å². The summed E-state index contributed by atoms with van der Waals surface area (Å²) in [6.07, 6.45) is 1.28. The van der Waals surface area contributed by atoms with E-state index in [1.54, 1.807) is 11.6 Å². The Kier molecular flexibility index (Phi) is 3.94. The van der Waals surface area contributed by atoms with Gasteiger partial charge >= 0.3 is 0 Å².